The molecule has 24 heavy (non-hydrogen) atoms. The Balaban J connectivity index is 1.57. The number of amides is 1. The van der Waals surface area contributed by atoms with Crippen LogP contribution in [-0.4, -0.2) is 16.6 Å². The van der Waals surface area contributed by atoms with Crippen LogP contribution in [0.1, 0.15) is 5.56 Å². The Morgan fingerprint density at radius 3 is 2.75 bits per heavy atom. The summed E-state index contributed by atoms with van der Waals surface area (Å²) in [6.45, 7) is 1.96. The molecule has 0 aliphatic rings. The van der Waals surface area contributed by atoms with Gasteiger partial charge in [0.2, 0.25) is 11.0 Å². The second-order valence-corrected chi connectivity index (χ2v) is 7.43. The van der Waals surface area contributed by atoms with Crippen LogP contribution in [0.2, 0.25) is 5.02 Å². The van der Waals surface area contributed by atoms with Crippen molar-refractivity contribution < 1.29 is 9.18 Å². The van der Waals surface area contributed by atoms with Crippen molar-refractivity contribution in [1.82, 2.24) is 10.4 Å². The number of carbonyl (C=O) groups is 1. The average molecular weight is 382 g/mol. The van der Waals surface area contributed by atoms with Gasteiger partial charge in [0.1, 0.15) is 5.82 Å². The maximum Gasteiger partial charge on any atom is 0.248 e. The van der Waals surface area contributed by atoms with Gasteiger partial charge in [-0.05, 0) is 42.8 Å². The van der Waals surface area contributed by atoms with Gasteiger partial charge in [0, 0.05) is 4.90 Å². The lowest BCUT2D eigenvalue weighted by atomic mass is 10.2. The maximum atomic E-state index is 12.8. The molecule has 0 saturated carbocycles. The lowest BCUT2D eigenvalue weighted by molar-refractivity contribution is -0.118. The molecule has 2 N–H and O–H groups in total. The molecule has 3 rings (SSSR count). The first kappa shape index (κ1) is 17.0. The summed E-state index contributed by atoms with van der Waals surface area (Å²) in [4.78, 5) is 17.1. The van der Waals surface area contributed by atoms with Crippen LogP contribution in [0.3, 0.4) is 0 Å². The first-order chi connectivity index (χ1) is 11.5. The number of hydrogen-bond acceptors (Lipinski definition) is 5. The average Bonchev–Trinajstić information content (AvgIpc) is 3.01. The standard InChI is InChI=1S/C16H13ClFN3OS2/c1-9-2-7-12(17)15-14(9)19-16(24-15)21-20-13(22)8-23-11-5-3-10(18)4-6-11/h2-7H,8H2,1H3,(H,19,21)(H,20,22). The third-order valence-corrected chi connectivity index (χ3v) is 5.63. The molecular formula is C16H13ClFN3OS2. The van der Waals surface area contributed by atoms with Crippen LogP contribution in [0.4, 0.5) is 9.52 Å². The summed E-state index contributed by atoms with van der Waals surface area (Å²) in [5.74, 6) is -0.287. The van der Waals surface area contributed by atoms with E-state index in [4.69, 9.17) is 11.6 Å². The summed E-state index contributed by atoms with van der Waals surface area (Å²) in [6, 6.07) is 9.75. The van der Waals surface area contributed by atoms with E-state index in [1.54, 1.807) is 12.1 Å². The number of aryl methyl sites for hydroxylation is 1. The Kier molecular flexibility index (Phi) is 5.23. The highest BCUT2D eigenvalue weighted by Gasteiger charge is 2.10. The number of rotatable bonds is 5. The van der Waals surface area contributed by atoms with Gasteiger partial charge in [-0.2, -0.15) is 0 Å². The number of nitrogens with one attached hydrogen (secondary N) is 2. The number of anilines is 1. The zero-order valence-electron chi connectivity index (χ0n) is 12.6. The molecule has 0 radical (unpaired) electrons. The molecule has 0 aliphatic heterocycles. The third kappa shape index (κ3) is 3.98. The van der Waals surface area contributed by atoms with Crippen LogP contribution in [0.15, 0.2) is 41.3 Å². The first-order valence-electron chi connectivity index (χ1n) is 7.02. The molecule has 124 valence electrons. The van der Waals surface area contributed by atoms with Crippen molar-refractivity contribution in [2.24, 2.45) is 0 Å². The van der Waals surface area contributed by atoms with Gasteiger partial charge in [0.25, 0.3) is 0 Å². The molecule has 2 aromatic carbocycles. The monoisotopic (exact) mass is 381 g/mol. The van der Waals surface area contributed by atoms with E-state index in [2.05, 4.69) is 15.8 Å². The predicted octanol–water partition coefficient (Wildman–Crippen LogP) is 4.63. The molecular weight excluding hydrogens is 369 g/mol. The zero-order chi connectivity index (χ0) is 17.1. The van der Waals surface area contributed by atoms with E-state index in [1.807, 2.05) is 19.1 Å². The number of thioether (sulfide) groups is 1. The second-order valence-electron chi connectivity index (χ2n) is 4.98. The normalized spacial score (nSPS) is 10.8. The highest BCUT2D eigenvalue weighted by Crippen LogP contribution is 2.33. The smallest absolute Gasteiger partial charge is 0.248 e. The van der Waals surface area contributed by atoms with E-state index >= 15 is 0 Å². The Labute approximate surface area is 151 Å². The first-order valence-corrected chi connectivity index (χ1v) is 9.20. The lowest BCUT2D eigenvalue weighted by Gasteiger charge is -2.05. The molecule has 0 fully saturated rings. The largest absolute Gasteiger partial charge is 0.273 e. The summed E-state index contributed by atoms with van der Waals surface area (Å²) < 4.78 is 13.7. The highest BCUT2D eigenvalue weighted by molar-refractivity contribution is 8.00. The molecule has 8 heteroatoms. The zero-order valence-corrected chi connectivity index (χ0v) is 15.0. The summed E-state index contributed by atoms with van der Waals surface area (Å²) in [7, 11) is 0. The van der Waals surface area contributed by atoms with Gasteiger partial charge in [-0.1, -0.05) is 29.0 Å². The Bertz CT molecular complexity index is 844. The van der Waals surface area contributed by atoms with Gasteiger partial charge in [-0.25, -0.2) is 9.37 Å². The number of hydrogen-bond donors (Lipinski definition) is 2. The lowest BCUT2D eigenvalue weighted by Crippen LogP contribution is -2.30. The molecule has 1 amide bonds. The van der Waals surface area contributed by atoms with Crippen molar-refractivity contribution in [2.45, 2.75) is 11.8 Å². The number of fused-ring (bicyclic) bond motifs is 1. The van der Waals surface area contributed by atoms with Crippen molar-refractivity contribution in [2.75, 3.05) is 11.2 Å². The fraction of sp³-hybridized carbons (Fsp3) is 0.125. The van der Waals surface area contributed by atoms with E-state index < -0.39 is 0 Å². The maximum absolute atomic E-state index is 12.8. The van der Waals surface area contributed by atoms with Gasteiger partial charge in [0.15, 0.2) is 0 Å². The minimum absolute atomic E-state index is 0.202. The van der Waals surface area contributed by atoms with Crippen LogP contribution in [0.25, 0.3) is 10.2 Å². The number of halogens is 2. The summed E-state index contributed by atoms with van der Waals surface area (Å²) in [5.41, 5.74) is 7.26. The van der Waals surface area contributed by atoms with Gasteiger partial charge < -0.3 is 0 Å². The minimum Gasteiger partial charge on any atom is -0.273 e. The minimum atomic E-state index is -0.296. The van der Waals surface area contributed by atoms with E-state index in [0.29, 0.717) is 10.2 Å². The van der Waals surface area contributed by atoms with Gasteiger partial charge in [-0.15, -0.1) is 11.8 Å². The second kappa shape index (κ2) is 7.38. The molecule has 0 bridgehead atoms. The fourth-order valence-electron chi connectivity index (χ4n) is 1.99. The summed E-state index contributed by atoms with van der Waals surface area (Å²) in [5, 5.41) is 1.21. The number of carbonyl (C=O) groups excluding carboxylic acids is 1. The number of benzene rings is 2. The molecule has 0 atom stereocenters. The molecule has 0 aliphatic carbocycles. The Morgan fingerprint density at radius 1 is 1.29 bits per heavy atom. The van der Waals surface area contributed by atoms with Crippen molar-refractivity contribution >= 4 is 56.0 Å². The van der Waals surface area contributed by atoms with Crippen LogP contribution in [0, 0.1) is 12.7 Å². The molecule has 4 nitrogen and oxygen atoms in total. The number of hydrazine groups is 1. The number of aromatic nitrogens is 1. The summed E-state index contributed by atoms with van der Waals surface area (Å²) in [6.07, 6.45) is 0. The van der Waals surface area contributed by atoms with Gasteiger partial charge in [0.05, 0.1) is 21.0 Å². The van der Waals surface area contributed by atoms with E-state index in [9.17, 15) is 9.18 Å². The molecule has 0 unspecified atom stereocenters. The Hall–Kier alpha value is -1.83. The van der Waals surface area contributed by atoms with Crippen LogP contribution in [-0.2, 0) is 4.79 Å². The molecule has 3 aromatic rings. The quantitative estimate of drug-likeness (QED) is 0.499. The fourth-order valence-corrected chi connectivity index (χ4v) is 3.86. The van der Waals surface area contributed by atoms with Crippen molar-refractivity contribution in [3.8, 4) is 0 Å². The summed E-state index contributed by atoms with van der Waals surface area (Å²) >= 11 is 8.86. The third-order valence-electron chi connectivity index (χ3n) is 3.19. The predicted molar refractivity (Wildman–Crippen MR) is 98.3 cm³/mol. The molecule has 0 spiro atoms. The number of nitrogens with zero attached hydrogens (tertiary/aromatic N) is 1. The van der Waals surface area contributed by atoms with Crippen molar-refractivity contribution in [1.29, 1.82) is 0 Å². The van der Waals surface area contributed by atoms with E-state index in [-0.39, 0.29) is 17.5 Å². The van der Waals surface area contributed by atoms with Gasteiger partial charge in [-0.3, -0.25) is 15.6 Å². The number of thiazole rings is 1. The Morgan fingerprint density at radius 2 is 2.04 bits per heavy atom. The van der Waals surface area contributed by atoms with Crippen LogP contribution in [0.5, 0.6) is 0 Å². The molecule has 0 saturated heterocycles. The van der Waals surface area contributed by atoms with Crippen LogP contribution >= 0.6 is 34.7 Å². The van der Waals surface area contributed by atoms with E-state index in [1.165, 1.54) is 35.2 Å². The van der Waals surface area contributed by atoms with E-state index in [0.717, 1.165) is 20.7 Å². The molecule has 1 heterocycles. The SMILES string of the molecule is Cc1ccc(Cl)c2sc(NNC(=O)CSc3ccc(F)cc3)nc12. The van der Waals surface area contributed by atoms with Crippen molar-refractivity contribution in [3.05, 3.63) is 52.8 Å². The van der Waals surface area contributed by atoms with Crippen LogP contribution < -0.4 is 10.9 Å². The van der Waals surface area contributed by atoms with Crippen molar-refractivity contribution in [3.63, 3.8) is 0 Å². The molecule has 1 aromatic heterocycles. The highest BCUT2D eigenvalue weighted by atomic mass is 35.5. The topological polar surface area (TPSA) is 54.0 Å². The van der Waals surface area contributed by atoms with Gasteiger partial charge >= 0.3 is 0 Å².